The standard InChI is InChI=1S/C31H33NO6/c1-5-35-27(33)17-22-11-6-7-14-25(22)36-19-24-28-23(21-12-8-10-20(16-21)18-32)13-9-15-26(28)37-29(24)30(34)38-31(2,3)4/h6-16H,5,17-19,32H2,1-4H3. The first kappa shape index (κ1) is 26.9. The third-order valence-electron chi connectivity index (χ3n) is 5.86. The molecule has 0 fully saturated rings. The Morgan fingerprint density at radius 3 is 2.47 bits per heavy atom. The predicted molar refractivity (Wildman–Crippen MR) is 146 cm³/mol. The lowest BCUT2D eigenvalue weighted by Crippen LogP contribution is -2.24. The molecule has 0 saturated carbocycles. The highest BCUT2D eigenvalue weighted by molar-refractivity contribution is 6.03. The number of ether oxygens (including phenoxy) is 3. The second-order valence-corrected chi connectivity index (χ2v) is 9.87. The smallest absolute Gasteiger partial charge is 0.375 e. The van der Waals surface area contributed by atoms with Crippen LogP contribution in [0.1, 0.15) is 54.9 Å². The highest BCUT2D eigenvalue weighted by atomic mass is 16.6. The van der Waals surface area contributed by atoms with Crippen LogP contribution in [0.2, 0.25) is 0 Å². The van der Waals surface area contributed by atoms with E-state index in [0.717, 1.165) is 22.1 Å². The van der Waals surface area contributed by atoms with Crippen LogP contribution in [0.25, 0.3) is 22.1 Å². The van der Waals surface area contributed by atoms with Crippen LogP contribution in [0.3, 0.4) is 0 Å². The van der Waals surface area contributed by atoms with Crippen molar-refractivity contribution in [1.29, 1.82) is 0 Å². The first-order valence-electron chi connectivity index (χ1n) is 12.6. The van der Waals surface area contributed by atoms with Crippen LogP contribution >= 0.6 is 0 Å². The molecular weight excluding hydrogens is 482 g/mol. The van der Waals surface area contributed by atoms with Gasteiger partial charge in [-0.3, -0.25) is 4.79 Å². The molecule has 0 aliphatic carbocycles. The molecule has 0 atom stereocenters. The van der Waals surface area contributed by atoms with E-state index in [-0.39, 0.29) is 24.8 Å². The third-order valence-corrected chi connectivity index (χ3v) is 5.86. The summed E-state index contributed by atoms with van der Waals surface area (Å²) in [5.74, 6) is -0.310. The van der Waals surface area contributed by atoms with E-state index in [1.807, 2.05) is 60.7 Å². The van der Waals surface area contributed by atoms with E-state index in [1.165, 1.54) is 0 Å². The highest BCUT2D eigenvalue weighted by Crippen LogP contribution is 2.37. The van der Waals surface area contributed by atoms with Gasteiger partial charge in [0.15, 0.2) is 0 Å². The predicted octanol–water partition coefficient (Wildman–Crippen LogP) is 6.20. The summed E-state index contributed by atoms with van der Waals surface area (Å²) in [6.07, 6.45) is 0.0756. The van der Waals surface area contributed by atoms with Crippen molar-refractivity contribution in [2.75, 3.05) is 6.61 Å². The minimum absolute atomic E-state index is 0.0228. The second kappa shape index (κ2) is 11.5. The molecule has 3 aromatic carbocycles. The molecule has 0 saturated heterocycles. The van der Waals surface area contributed by atoms with E-state index in [2.05, 4.69) is 0 Å². The quantitative estimate of drug-likeness (QED) is 0.265. The Balaban J connectivity index is 1.80. The van der Waals surface area contributed by atoms with E-state index >= 15 is 0 Å². The molecule has 2 N–H and O–H groups in total. The van der Waals surface area contributed by atoms with E-state index < -0.39 is 11.6 Å². The molecule has 0 aliphatic rings. The lowest BCUT2D eigenvalue weighted by atomic mass is 9.97. The Bertz CT molecular complexity index is 1450. The van der Waals surface area contributed by atoms with E-state index in [0.29, 0.717) is 35.6 Å². The summed E-state index contributed by atoms with van der Waals surface area (Å²) in [7, 11) is 0. The van der Waals surface area contributed by atoms with Crippen LogP contribution in [-0.2, 0) is 33.8 Å². The van der Waals surface area contributed by atoms with Gasteiger partial charge in [0.25, 0.3) is 0 Å². The molecule has 4 aromatic rings. The van der Waals surface area contributed by atoms with Crippen molar-refractivity contribution in [3.63, 3.8) is 0 Å². The van der Waals surface area contributed by atoms with Crippen LogP contribution < -0.4 is 10.5 Å². The fraction of sp³-hybridized carbons (Fsp3) is 0.290. The molecule has 0 aliphatic heterocycles. The lowest BCUT2D eigenvalue weighted by molar-refractivity contribution is -0.142. The van der Waals surface area contributed by atoms with E-state index in [9.17, 15) is 9.59 Å². The summed E-state index contributed by atoms with van der Waals surface area (Å²) in [4.78, 5) is 25.4. The lowest BCUT2D eigenvalue weighted by Gasteiger charge is -2.19. The van der Waals surface area contributed by atoms with Crippen LogP contribution in [0.15, 0.2) is 71.1 Å². The third kappa shape index (κ3) is 6.23. The average molecular weight is 516 g/mol. The van der Waals surface area contributed by atoms with Crippen molar-refractivity contribution in [2.24, 2.45) is 5.73 Å². The van der Waals surface area contributed by atoms with Crippen LogP contribution in [0.5, 0.6) is 5.75 Å². The molecule has 7 heteroatoms. The number of benzene rings is 3. The number of esters is 2. The molecule has 198 valence electrons. The maximum Gasteiger partial charge on any atom is 0.375 e. The number of carbonyl (C=O) groups excluding carboxylic acids is 2. The Morgan fingerprint density at radius 2 is 1.74 bits per heavy atom. The zero-order valence-electron chi connectivity index (χ0n) is 22.2. The summed E-state index contributed by atoms with van der Waals surface area (Å²) in [6, 6.07) is 20.9. The number of hydrogen-bond acceptors (Lipinski definition) is 7. The van der Waals surface area contributed by atoms with Gasteiger partial charge in [-0.2, -0.15) is 0 Å². The summed E-state index contributed by atoms with van der Waals surface area (Å²) in [6.45, 7) is 7.91. The van der Waals surface area contributed by atoms with Crippen LogP contribution in [-0.4, -0.2) is 24.1 Å². The minimum atomic E-state index is -0.710. The summed E-state index contributed by atoms with van der Waals surface area (Å²) < 4.78 is 23.1. The SMILES string of the molecule is CCOC(=O)Cc1ccccc1OCc1c(C(=O)OC(C)(C)C)oc2cccc(-c3cccc(CN)c3)c12. The minimum Gasteiger partial charge on any atom is -0.488 e. The number of nitrogens with two attached hydrogens (primary N) is 1. The second-order valence-electron chi connectivity index (χ2n) is 9.87. The van der Waals surface area contributed by atoms with Gasteiger partial charge in [-0.1, -0.05) is 48.5 Å². The fourth-order valence-electron chi connectivity index (χ4n) is 4.25. The number of rotatable bonds is 9. The van der Waals surface area contributed by atoms with Gasteiger partial charge in [0.2, 0.25) is 5.76 Å². The molecule has 0 bridgehead atoms. The zero-order valence-corrected chi connectivity index (χ0v) is 22.2. The summed E-state index contributed by atoms with van der Waals surface area (Å²) in [5.41, 5.74) is 9.79. The molecule has 1 aromatic heterocycles. The number of carbonyl (C=O) groups is 2. The first-order valence-corrected chi connectivity index (χ1v) is 12.6. The van der Waals surface area contributed by atoms with Crippen molar-refractivity contribution in [2.45, 2.75) is 52.9 Å². The molecule has 0 amide bonds. The maximum absolute atomic E-state index is 13.2. The van der Waals surface area contributed by atoms with Crippen LogP contribution in [0, 0.1) is 0 Å². The molecular formula is C31H33NO6. The Hall–Kier alpha value is -4.10. The zero-order chi connectivity index (χ0) is 27.3. The number of fused-ring (bicyclic) bond motifs is 1. The van der Waals surface area contributed by atoms with Crippen molar-refractivity contribution in [3.8, 4) is 16.9 Å². The number of hydrogen-bond donors (Lipinski definition) is 1. The van der Waals surface area contributed by atoms with Gasteiger partial charge in [0.05, 0.1) is 18.6 Å². The van der Waals surface area contributed by atoms with Gasteiger partial charge in [0.1, 0.15) is 23.5 Å². The molecule has 1 heterocycles. The number of furan rings is 1. The van der Waals surface area contributed by atoms with Gasteiger partial charge in [-0.25, -0.2) is 4.79 Å². The first-order chi connectivity index (χ1) is 18.2. The largest absolute Gasteiger partial charge is 0.488 e. The van der Waals surface area contributed by atoms with Gasteiger partial charge < -0.3 is 24.4 Å². The normalized spacial score (nSPS) is 11.4. The number of para-hydroxylation sites is 1. The molecule has 0 unspecified atom stereocenters. The molecule has 38 heavy (non-hydrogen) atoms. The molecule has 0 spiro atoms. The Kier molecular flexibility index (Phi) is 8.17. The van der Waals surface area contributed by atoms with Crippen molar-refractivity contribution < 1.29 is 28.2 Å². The molecule has 4 rings (SSSR count). The molecule has 0 radical (unpaired) electrons. The fourth-order valence-corrected chi connectivity index (χ4v) is 4.25. The summed E-state index contributed by atoms with van der Waals surface area (Å²) >= 11 is 0. The average Bonchev–Trinajstić information content (AvgIpc) is 3.26. The monoisotopic (exact) mass is 515 g/mol. The van der Waals surface area contributed by atoms with Gasteiger partial charge >= 0.3 is 11.9 Å². The van der Waals surface area contributed by atoms with Crippen molar-refractivity contribution >= 4 is 22.9 Å². The van der Waals surface area contributed by atoms with Crippen molar-refractivity contribution in [1.82, 2.24) is 0 Å². The van der Waals surface area contributed by atoms with Gasteiger partial charge in [-0.15, -0.1) is 0 Å². The molecule has 7 nitrogen and oxygen atoms in total. The van der Waals surface area contributed by atoms with Gasteiger partial charge in [-0.05, 0) is 62.6 Å². The Labute approximate surface area is 222 Å². The Morgan fingerprint density at radius 1 is 0.974 bits per heavy atom. The van der Waals surface area contributed by atoms with Crippen LogP contribution in [0.4, 0.5) is 0 Å². The van der Waals surface area contributed by atoms with E-state index in [4.69, 9.17) is 24.4 Å². The van der Waals surface area contributed by atoms with E-state index in [1.54, 1.807) is 33.8 Å². The summed E-state index contributed by atoms with van der Waals surface area (Å²) in [5, 5.41) is 0.755. The topological polar surface area (TPSA) is 101 Å². The maximum atomic E-state index is 13.2. The highest BCUT2D eigenvalue weighted by Gasteiger charge is 2.28. The van der Waals surface area contributed by atoms with Gasteiger partial charge in [0, 0.05) is 17.5 Å². The van der Waals surface area contributed by atoms with Crippen molar-refractivity contribution in [3.05, 3.63) is 89.2 Å².